The van der Waals surface area contributed by atoms with Gasteiger partial charge < -0.3 is 5.32 Å². The Morgan fingerprint density at radius 3 is 2.83 bits per heavy atom. The van der Waals surface area contributed by atoms with Crippen LogP contribution in [-0.2, 0) is 6.54 Å². The van der Waals surface area contributed by atoms with E-state index in [0.717, 1.165) is 49.6 Å². The lowest BCUT2D eigenvalue weighted by atomic mass is 9.97. The van der Waals surface area contributed by atoms with Gasteiger partial charge in [0.1, 0.15) is 5.69 Å². The Balaban J connectivity index is 1.51. The summed E-state index contributed by atoms with van der Waals surface area (Å²) >= 11 is 0. The molecule has 7 nitrogen and oxygen atoms in total. The molecule has 3 N–H and O–H groups in total. The minimum absolute atomic E-state index is 0.0991. The molecule has 1 saturated heterocycles. The molecular formula is C17H26N6O. The summed E-state index contributed by atoms with van der Waals surface area (Å²) in [4.78, 5) is 14.6. The Morgan fingerprint density at radius 1 is 1.33 bits per heavy atom. The molecule has 0 spiro atoms. The van der Waals surface area contributed by atoms with Gasteiger partial charge in [0.2, 0.25) is 0 Å². The van der Waals surface area contributed by atoms with Crippen LogP contribution in [0.25, 0.3) is 0 Å². The van der Waals surface area contributed by atoms with Crippen molar-refractivity contribution in [1.82, 2.24) is 30.6 Å². The molecule has 7 heteroatoms. The number of H-pyrrole nitrogens is 2. The predicted octanol–water partition coefficient (Wildman–Crippen LogP) is 1.70. The number of amides is 1. The number of likely N-dealkylation sites (tertiary alicyclic amines) is 1. The average molecular weight is 330 g/mol. The monoisotopic (exact) mass is 330 g/mol. The van der Waals surface area contributed by atoms with E-state index >= 15 is 0 Å². The first-order chi connectivity index (χ1) is 11.5. The van der Waals surface area contributed by atoms with Crippen molar-refractivity contribution < 1.29 is 4.79 Å². The van der Waals surface area contributed by atoms with Gasteiger partial charge >= 0.3 is 0 Å². The first-order valence-corrected chi connectivity index (χ1v) is 8.56. The van der Waals surface area contributed by atoms with Crippen LogP contribution in [0.3, 0.4) is 0 Å². The van der Waals surface area contributed by atoms with Crippen molar-refractivity contribution in [3.8, 4) is 0 Å². The van der Waals surface area contributed by atoms with Crippen LogP contribution in [0.15, 0.2) is 6.07 Å². The SMILES string of the molecule is Cc1cc(C(=O)NCC2CCCN(Cc3c(C)n[nH]c3C)C2)n[nH]1. The number of aromatic nitrogens is 4. The van der Waals surface area contributed by atoms with Crippen molar-refractivity contribution in [2.24, 2.45) is 5.92 Å². The van der Waals surface area contributed by atoms with Crippen LogP contribution in [0.2, 0.25) is 0 Å². The Labute approximate surface area is 142 Å². The highest BCUT2D eigenvalue weighted by Crippen LogP contribution is 2.20. The molecule has 1 atom stereocenters. The normalized spacial score (nSPS) is 18.7. The van der Waals surface area contributed by atoms with Crippen LogP contribution in [0, 0.1) is 26.7 Å². The fourth-order valence-corrected chi connectivity index (χ4v) is 3.35. The second-order valence-corrected chi connectivity index (χ2v) is 6.80. The third-order valence-electron chi connectivity index (χ3n) is 4.76. The molecule has 1 fully saturated rings. The van der Waals surface area contributed by atoms with Gasteiger partial charge in [0.15, 0.2) is 0 Å². The molecule has 0 aliphatic carbocycles. The summed E-state index contributed by atoms with van der Waals surface area (Å²) in [5, 5.41) is 17.2. The van der Waals surface area contributed by atoms with E-state index in [1.165, 1.54) is 5.56 Å². The Hall–Kier alpha value is -2.15. The average Bonchev–Trinajstić information content (AvgIpc) is 3.14. The van der Waals surface area contributed by atoms with Gasteiger partial charge in [0.25, 0.3) is 5.91 Å². The summed E-state index contributed by atoms with van der Waals surface area (Å²) in [6.07, 6.45) is 2.32. The molecule has 24 heavy (non-hydrogen) atoms. The van der Waals surface area contributed by atoms with Crippen molar-refractivity contribution in [2.75, 3.05) is 19.6 Å². The number of piperidine rings is 1. The largest absolute Gasteiger partial charge is 0.350 e. The molecular weight excluding hydrogens is 304 g/mol. The molecule has 2 aromatic rings. The van der Waals surface area contributed by atoms with E-state index in [2.05, 4.69) is 37.5 Å². The molecule has 1 aliphatic heterocycles. The van der Waals surface area contributed by atoms with Gasteiger partial charge in [-0.25, -0.2) is 0 Å². The van der Waals surface area contributed by atoms with E-state index in [4.69, 9.17) is 0 Å². The Bertz CT molecular complexity index is 684. The number of carbonyl (C=O) groups is 1. The molecule has 130 valence electrons. The van der Waals surface area contributed by atoms with Crippen LogP contribution in [-0.4, -0.2) is 50.8 Å². The van der Waals surface area contributed by atoms with Gasteiger partial charge in [0.05, 0.1) is 5.69 Å². The van der Waals surface area contributed by atoms with E-state index < -0.39 is 0 Å². The predicted molar refractivity (Wildman–Crippen MR) is 91.7 cm³/mol. The number of nitrogens with zero attached hydrogens (tertiary/aromatic N) is 3. The van der Waals surface area contributed by atoms with E-state index in [0.29, 0.717) is 18.2 Å². The highest BCUT2D eigenvalue weighted by molar-refractivity contribution is 5.92. The third kappa shape index (κ3) is 3.84. The van der Waals surface area contributed by atoms with Crippen LogP contribution < -0.4 is 5.32 Å². The molecule has 3 heterocycles. The van der Waals surface area contributed by atoms with E-state index in [1.807, 2.05) is 13.8 Å². The summed E-state index contributed by atoms with van der Waals surface area (Å²) in [5.41, 5.74) is 4.89. The fraction of sp³-hybridized carbons (Fsp3) is 0.588. The zero-order chi connectivity index (χ0) is 17.1. The maximum absolute atomic E-state index is 12.1. The molecule has 0 radical (unpaired) electrons. The van der Waals surface area contributed by atoms with Gasteiger partial charge in [-0.05, 0) is 52.1 Å². The standard InChI is InChI=1S/C17H26N6O/c1-11-7-16(22-19-11)17(24)18-8-14-5-4-6-23(9-14)10-15-12(2)20-21-13(15)3/h7,14H,4-6,8-10H2,1-3H3,(H,18,24)(H,19,22)(H,20,21). The topological polar surface area (TPSA) is 89.7 Å². The summed E-state index contributed by atoms with van der Waals surface area (Å²) in [5.74, 6) is 0.383. The van der Waals surface area contributed by atoms with Crippen LogP contribution in [0.1, 0.15) is 46.0 Å². The van der Waals surface area contributed by atoms with Crippen LogP contribution in [0.5, 0.6) is 0 Å². The lowest BCUT2D eigenvalue weighted by Crippen LogP contribution is -2.40. The first-order valence-electron chi connectivity index (χ1n) is 8.56. The highest BCUT2D eigenvalue weighted by atomic mass is 16.1. The number of hydrogen-bond donors (Lipinski definition) is 3. The molecule has 1 aliphatic rings. The van der Waals surface area contributed by atoms with Gasteiger partial charge in [-0.1, -0.05) is 0 Å². The Kier molecular flexibility index (Phi) is 4.99. The quantitative estimate of drug-likeness (QED) is 0.778. The van der Waals surface area contributed by atoms with Crippen molar-refractivity contribution in [2.45, 2.75) is 40.2 Å². The third-order valence-corrected chi connectivity index (χ3v) is 4.76. The van der Waals surface area contributed by atoms with Gasteiger partial charge in [0, 0.05) is 36.6 Å². The zero-order valence-corrected chi connectivity index (χ0v) is 14.6. The minimum Gasteiger partial charge on any atom is -0.350 e. The highest BCUT2D eigenvalue weighted by Gasteiger charge is 2.22. The smallest absolute Gasteiger partial charge is 0.271 e. The minimum atomic E-state index is -0.0991. The molecule has 3 rings (SSSR count). The van der Waals surface area contributed by atoms with E-state index in [1.54, 1.807) is 6.07 Å². The van der Waals surface area contributed by atoms with Gasteiger partial charge in [-0.15, -0.1) is 0 Å². The number of nitrogens with one attached hydrogen (secondary N) is 3. The second kappa shape index (κ2) is 7.17. The van der Waals surface area contributed by atoms with Gasteiger partial charge in [-0.2, -0.15) is 10.2 Å². The number of aromatic amines is 2. The molecule has 0 bridgehead atoms. The lowest BCUT2D eigenvalue weighted by Gasteiger charge is -2.32. The maximum atomic E-state index is 12.1. The van der Waals surface area contributed by atoms with E-state index in [-0.39, 0.29) is 5.91 Å². The van der Waals surface area contributed by atoms with E-state index in [9.17, 15) is 4.79 Å². The lowest BCUT2D eigenvalue weighted by molar-refractivity contribution is 0.0925. The Morgan fingerprint density at radius 2 is 2.17 bits per heavy atom. The summed E-state index contributed by atoms with van der Waals surface area (Å²) in [7, 11) is 0. The summed E-state index contributed by atoms with van der Waals surface area (Å²) in [6.45, 7) is 9.75. The van der Waals surface area contributed by atoms with Crippen LogP contribution >= 0.6 is 0 Å². The van der Waals surface area contributed by atoms with Gasteiger partial charge in [-0.3, -0.25) is 19.9 Å². The number of hydrogen-bond acceptors (Lipinski definition) is 4. The zero-order valence-electron chi connectivity index (χ0n) is 14.6. The van der Waals surface area contributed by atoms with Crippen molar-refractivity contribution in [3.05, 3.63) is 34.4 Å². The molecule has 1 amide bonds. The first kappa shape index (κ1) is 16.7. The summed E-state index contributed by atoms with van der Waals surface area (Å²) < 4.78 is 0. The molecule has 1 unspecified atom stereocenters. The van der Waals surface area contributed by atoms with Crippen molar-refractivity contribution in [3.63, 3.8) is 0 Å². The van der Waals surface area contributed by atoms with Crippen molar-refractivity contribution in [1.29, 1.82) is 0 Å². The van der Waals surface area contributed by atoms with Crippen molar-refractivity contribution >= 4 is 5.91 Å². The second-order valence-electron chi connectivity index (χ2n) is 6.80. The maximum Gasteiger partial charge on any atom is 0.271 e. The number of carbonyl (C=O) groups excluding carboxylic acids is 1. The molecule has 2 aromatic heterocycles. The number of aryl methyl sites for hydroxylation is 3. The van der Waals surface area contributed by atoms with Crippen LogP contribution in [0.4, 0.5) is 0 Å². The summed E-state index contributed by atoms with van der Waals surface area (Å²) in [6, 6.07) is 1.77. The number of rotatable bonds is 5. The molecule has 0 saturated carbocycles. The molecule has 0 aromatic carbocycles. The fourth-order valence-electron chi connectivity index (χ4n) is 3.35.